The van der Waals surface area contributed by atoms with Crippen LogP contribution in [-0.2, 0) is 10.8 Å². The van der Waals surface area contributed by atoms with Crippen molar-refractivity contribution < 1.29 is 4.79 Å². The van der Waals surface area contributed by atoms with Crippen LogP contribution in [0, 0.1) is 6.92 Å². The summed E-state index contributed by atoms with van der Waals surface area (Å²) in [6.07, 6.45) is 4.97. The van der Waals surface area contributed by atoms with E-state index in [1.807, 2.05) is 24.3 Å². The highest BCUT2D eigenvalue weighted by molar-refractivity contribution is 5.94. The highest BCUT2D eigenvalue weighted by atomic mass is 16.1. The smallest absolute Gasteiger partial charge is 0.251 e. The van der Waals surface area contributed by atoms with Crippen LogP contribution in [0.5, 0.6) is 0 Å². The lowest BCUT2D eigenvalue weighted by Gasteiger charge is -2.42. The van der Waals surface area contributed by atoms with Gasteiger partial charge in [-0.2, -0.15) is 0 Å². The fraction of sp³-hybridized carbons (Fsp3) is 0.500. The number of benzene rings is 2. The van der Waals surface area contributed by atoms with Crippen LogP contribution in [0.25, 0.3) is 5.57 Å². The van der Waals surface area contributed by atoms with E-state index in [-0.39, 0.29) is 16.7 Å². The summed E-state index contributed by atoms with van der Waals surface area (Å²) in [5.74, 6) is 0.000279. The fourth-order valence-electron chi connectivity index (χ4n) is 5.46. The SMILES string of the molecule is C=C(c1ccc(C(=O)NCCN2CCCC2)cc1)c1cc2c(cc1C)C(C)(C)CCC2(C)C. The first-order valence-electron chi connectivity index (χ1n) is 12.5. The lowest BCUT2D eigenvalue weighted by Crippen LogP contribution is -2.34. The summed E-state index contributed by atoms with van der Waals surface area (Å²) >= 11 is 0. The van der Waals surface area contributed by atoms with Crippen LogP contribution in [0.4, 0.5) is 0 Å². The molecule has 0 aromatic heterocycles. The maximum Gasteiger partial charge on any atom is 0.251 e. The topological polar surface area (TPSA) is 32.3 Å². The van der Waals surface area contributed by atoms with Crippen molar-refractivity contribution in [3.05, 3.63) is 76.4 Å². The monoisotopic (exact) mass is 444 g/mol. The highest BCUT2D eigenvalue weighted by Gasteiger charge is 2.37. The number of likely N-dealkylation sites (tertiary alicyclic amines) is 1. The molecular formula is C30H40N2O. The Morgan fingerprint density at radius 2 is 1.48 bits per heavy atom. The number of amides is 1. The quantitative estimate of drug-likeness (QED) is 0.573. The number of carbonyl (C=O) groups is 1. The molecule has 1 aliphatic heterocycles. The third kappa shape index (κ3) is 4.94. The first kappa shape index (κ1) is 23.8. The van der Waals surface area contributed by atoms with E-state index in [1.165, 1.54) is 47.9 Å². The van der Waals surface area contributed by atoms with Crippen LogP contribution < -0.4 is 5.32 Å². The van der Waals surface area contributed by atoms with Gasteiger partial charge in [0.25, 0.3) is 5.91 Å². The van der Waals surface area contributed by atoms with Gasteiger partial charge in [-0.15, -0.1) is 0 Å². The summed E-state index contributed by atoms with van der Waals surface area (Å²) in [5, 5.41) is 3.06. The molecule has 0 bridgehead atoms. The van der Waals surface area contributed by atoms with Gasteiger partial charge in [0.15, 0.2) is 0 Å². The molecule has 0 atom stereocenters. The van der Waals surface area contributed by atoms with Crippen molar-refractivity contribution in [1.29, 1.82) is 0 Å². The largest absolute Gasteiger partial charge is 0.351 e. The van der Waals surface area contributed by atoms with Crippen molar-refractivity contribution in [2.24, 2.45) is 0 Å². The number of carbonyl (C=O) groups excluding carboxylic acids is 1. The number of nitrogens with zero attached hydrogens (tertiary/aromatic N) is 1. The zero-order chi connectivity index (χ0) is 23.8. The fourth-order valence-corrected chi connectivity index (χ4v) is 5.46. The molecule has 1 heterocycles. The molecule has 0 spiro atoms. The van der Waals surface area contributed by atoms with Gasteiger partial charge in [-0.3, -0.25) is 4.79 Å². The van der Waals surface area contributed by atoms with E-state index in [0.717, 1.165) is 30.8 Å². The number of fused-ring (bicyclic) bond motifs is 1. The highest BCUT2D eigenvalue weighted by Crippen LogP contribution is 2.47. The predicted molar refractivity (Wildman–Crippen MR) is 139 cm³/mol. The summed E-state index contributed by atoms with van der Waals surface area (Å²) in [6, 6.07) is 12.7. The summed E-state index contributed by atoms with van der Waals surface area (Å²) in [5.41, 5.74) is 8.59. The van der Waals surface area contributed by atoms with Crippen molar-refractivity contribution in [2.45, 2.75) is 71.1 Å². The molecule has 1 N–H and O–H groups in total. The number of hydrogen-bond donors (Lipinski definition) is 1. The molecule has 0 unspecified atom stereocenters. The zero-order valence-electron chi connectivity index (χ0n) is 21.2. The summed E-state index contributed by atoms with van der Waals surface area (Å²) < 4.78 is 0. The average molecular weight is 445 g/mol. The van der Waals surface area contributed by atoms with Crippen molar-refractivity contribution >= 4 is 11.5 Å². The maximum atomic E-state index is 12.6. The zero-order valence-corrected chi connectivity index (χ0v) is 21.2. The molecule has 2 aliphatic rings. The lowest BCUT2D eigenvalue weighted by atomic mass is 9.62. The van der Waals surface area contributed by atoms with Crippen molar-refractivity contribution in [2.75, 3.05) is 26.2 Å². The van der Waals surface area contributed by atoms with Gasteiger partial charge in [0.05, 0.1) is 0 Å². The molecule has 176 valence electrons. The summed E-state index contributed by atoms with van der Waals surface area (Å²) in [7, 11) is 0. The Bertz CT molecular complexity index is 1040. The Morgan fingerprint density at radius 3 is 2.09 bits per heavy atom. The molecule has 33 heavy (non-hydrogen) atoms. The van der Waals surface area contributed by atoms with E-state index in [1.54, 1.807) is 0 Å². The van der Waals surface area contributed by atoms with E-state index in [9.17, 15) is 4.79 Å². The Labute approximate surface area is 200 Å². The number of aryl methyl sites for hydroxylation is 1. The van der Waals surface area contributed by atoms with Crippen LogP contribution in [-0.4, -0.2) is 37.0 Å². The second-order valence-electron chi connectivity index (χ2n) is 11.3. The van der Waals surface area contributed by atoms with Gasteiger partial charge in [0.1, 0.15) is 0 Å². The molecule has 1 aliphatic carbocycles. The van der Waals surface area contributed by atoms with Crippen LogP contribution in [0.15, 0.2) is 43.0 Å². The van der Waals surface area contributed by atoms with Gasteiger partial charge < -0.3 is 10.2 Å². The minimum atomic E-state index is 0.000279. The van der Waals surface area contributed by atoms with Crippen molar-refractivity contribution in [1.82, 2.24) is 10.2 Å². The summed E-state index contributed by atoms with van der Waals surface area (Å²) in [4.78, 5) is 15.0. The standard InChI is InChI=1S/C30H40N2O/c1-21-19-26-27(30(5,6)14-13-29(26,3)4)20-25(21)22(2)23-9-11-24(12-10-23)28(33)31-15-18-32-16-7-8-17-32/h9-12,19-20H,2,7-8,13-18H2,1,3-6H3,(H,31,33). The van der Waals surface area contributed by atoms with Crippen LogP contribution in [0.2, 0.25) is 0 Å². The van der Waals surface area contributed by atoms with Gasteiger partial charge >= 0.3 is 0 Å². The molecule has 3 heteroatoms. The first-order valence-corrected chi connectivity index (χ1v) is 12.5. The van der Waals surface area contributed by atoms with Crippen LogP contribution in [0.1, 0.15) is 91.6 Å². The third-order valence-corrected chi connectivity index (χ3v) is 7.93. The van der Waals surface area contributed by atoms with Crippen molar-refractivity contribution in [3.63, 3.8) is 0 Å². The summed E-state index contributed by atoms with van der Waals surface area (Å²) in [6.45, 7) is 20.0. The normalized spacial score (nSPS) is 19.2. The lowest BCUT2D eigenvalue weighted by molar-refractivity contribution is 0.0949. The molecule has 4 rings (SSSR count). The van der Waals surface area contributed by atoms with Crippen LogP contribution >= 0.6 is 0 Å². The number of rotatable bonds is 6. The molecule has 1 fully saturated rings. The molecule has 2 aromatic rings. The molecule has 3 nitrogen and oxygen atoms in total. The minimum absolute atomic E-state index is 0.000279. The predicted octanol–water partition coefficient (Wildman–Crippen LogP) is 6.23. The first-order chi connectivity index (χ1) is 15.6. The van der Waals surface area contributed by atoms with E-state index in [4.69, 9.17) is 0 Å². The minimum Gasteiger partial charge on any atom is -0.351 e. The number of hydrogen-bond acceptors (Lipinski definition) is 2. The van der Waals surface area contributed by atoms with E-state index >= 15 is 0 Å². The Kier molecular flexibility index (Phi) is 6.55. The molecule has 0 saturated carbocycles. The second kappa shape index (κ2) is 9.10. The van der Waals surface area contributed by atoms with Gasteiger partial charge in [-0.05, 0) is 102 Å². The van der Waals surface area contributed by atoms with E-state index in [0.29, 0.717) is 12.1 Å². The molecule has 1 saturated heterocycles. The van der Waals surface area contributed by atoms with E-state index in [2.05, 4.69) is 63.5 Å². The number of nitrogens with one attached hydrogen (secondary N) is 1. The molecule has 0 radical (unpaired) electrons. The second-order valence-corrected chi connectivity index (χ2v) is 11.3. The van der Waals surface area contributed by atoms with E-state index < -0.39 is 0 Å². The third-order valence-electron chi connectivity index (χ3n) is 7.93. The molecular weight excluding hydrogens is 404 g/mol. The molecule has 2 aromatic carbocycles. The van der Waals surface area contributed by atoms with Crippen molar-refractivity contribution in [3.8, 4) is 0 Å². The van der Waals surface area contributed by atoms with Gasteiger partial charge in [-0.1, -0.05) is 58.5 Å². The van der Waals surface area contributed by atoms with Gasteiger partial charge in [-0.25, -0.2) is 0 Å². The Balaban J connectivity index is 1.50. The average Bonchev–Trinajstić information content (AvgIpc) is 3.30. The Hall–Kier alpha value is -2.39. The maximum absolute atomic E-state index is 12.6. The Morgan fingerprint density at radius 1 is 0.939 bits per heavy atom. The van der Waals surface area contributed by atoms with Crippen LogP contribution in [0.3, 0.4) is 0 Å². The van der Waals surface area contributed by atoms with Gasteiger partial charge in [0, 0.05) is 18.7 Å². The van der Waals surface area contributed by atoms with Gasteiger partial charge in [0.2, 0.25) is 0 Å². The molecule has 1 amide bonds.